The second-order valence-corrected chi connectivity index (χ2v) is 1.60. The van der Waals surface area contributed by atoms with Gasteiger partial charge in [0.05, 0.1) is 6.61 Å². The molecule has 0 aromatic rings. The summed E-state index contributed by atoms with van der Waals surface area (Å²) in [6, 6.07) is 0. The molecule has 0 radical (unpaired) electrons. The van der Waals surface area contributed by atoms with Gasteiger partial charge in [-0.25, -0.2) is 0 Å². The molecule has 0 saturated carbocycles. The van der Waals surface area contributed by atoms with E-state index in [1.54, 1.807) is 6.08 Å². The third kappa shape index (κ3) is 3.56. The van der Waals surface area contributed by atoms with Crippen molar-refractivity contribution >= 4 is 6.29 Å². The molecule has 46 valence electrons. The van der Waals surface area contributed by atoms with E-state index in [9.17, 15) is 4.79 Å². The van der Waals surface area contributed by atoms with Gasteiger partial charge in [0.2, 0.25) is 0 Å². The monoisotopic (exact) mass is 114 g/mol. The highest BCUT2D eigenvalue weighted by molar-refractivity contribution is 5.53. The van der Waals surface area contributed by atoms with Crippen molar-refractivity contribution in [3.05, 3.63) is 11.6 Å². The van der Waals surface area contributed by atoms with Crippen LogP contribution in [0.2, 0.25) is 0 Å². The molecule has 8 heavy (non-hydrogen) atoms. The largest absolute Gasteiger partial charge is 0.392 e. The summed E-state index contributed by atoms with van der Waals surface area (Å²) in [5.74, 6) is 0. The highest BCUT2D eigenvalue weighted by atomic mass is 16.2. The zero-order chi connectivity index (χ0) is 6.41. The molecular weight excluding hydrogens is 104 g/mol. The van der Waals surface area contributed by atoms with Crippen LogP contribution < -0.4 is 0 Å². The Morgan fingerprint density at radius 1 is 1.75 bits per heavy atom. The number of hydrogen-bond donors (Lipinski definition) is 1. The van der Waals surface area contributed by atoms with Crippen LogP contribution >= 0.6 is 0 Å². The summed E-state index contributed by atoms with van der Waals surface area (Å²) in [5.41, 5.74) is 0.919. The Hall–Kier alpha value is -0.630. The number of aliphatic hydroxyl groups is 1. The summed E-state index contributed by atoms with van der Waals surface area (Å²) < 4.78 is 0. The maximum absolute atomic E-state index is 9.77. The van der Waals surface area contributed by atoms with E-state index in [0.717, 1.165) is 11.9 Å². The molecule has 0 unspecified atom stereocenters. The predicted octanol–water partition coefficient (Wildman–Crippen LogP) is 0.514. The van der Waals surface area contributed by atoms with Gasteiger partial charge in [0.25, 0.3) is 0 Å². The van der Waals surface area contributed by atoms with Gasteiger partial charge in [0, 0.05) is 6.42 Å². The molecule has 2 nitrogen and oxygen atoms in total. The minimum absolute atomic E-state index is 0.0275. The number of carbonyl (C=O) groups is 1. The van der Waals surface area contributed by atoms with Crippen LogP contribution in [-0.2, 0) is 4.79 Å². The molecule has 0 bridgehead atoms. The average Bonchev–Trinajstić information content (AvgIpc) is 1.68. The standard InChI is InChI=1S/C6H10O2/c1-6(2-4-7)3-5-8/h2,5,7H,3-4H2,1H3/b6-2+. The smallest absolute Gasteiger partial charge is 0.124 e. The third-order valence-electron chi connectivity index (χ3n) is 0.845. The molecule has 0 atom stereocenters. The van der Waals surface area contributed by atoms with Gasteiger partial charge in [0.1, 0.15) is 6.29 Å². The minimum atomic E-state index is 0.0275. The van der Waals surface area contributed by atoms with Gasteiger partial charge in [-0.05, 0) is 6.92 Å². The normalized spacial score (nSPS) is 11.5. The average molecular weight is 114 g/mol. The highest BCUT2D eigenvalue weighted by Crippen LogP contribution is 1.93. The summed E-state index contributed by atoms with van der Waals surface area (Å²) >= 11 is 0. The van der Waals surface area contributed by atoms with Crippen molar-refractivity contribution in [2.45, 2.75) is 13.3 Å². The Bertz CT molecular complexity index is 94.7. The lowest BCUT2D eigenvalue weighted by atomic mass is 10.2. The van der Waals surface area contributed by atoms with E-state index >= 15 is 0 Å². The Balaban J connectivity index is 3.44. The lowest BCUT2D eigenvalue weighted by molar-refractivity contribution is -0.107. The fourth-order valence-corrected chi connectivity index (χ4v) is 0.371. The zero-order valence-electron chi connectivity index (χ0n) is 4.92. The van der Waals surface area contributed by atoms with Crippen molar-refractivity contribution in [2.24, 2.45) is 0 Å². The van der Waals surface area contributed by atoms with Gasteiger partial charge in [-0.1, -0.05) is 11.6 Å². The van der Waals surface area contributed by atoms with E-state index in [0.29, 0.717) is 6.42 Å². The topological polar surface area (TPSA) is 37.3 Å². The number of aliphatic hydroxyl groups excluding tert-OH is 1. The van der Waals surface area contributed by atoms with E-state index < -0.39 is 0 Å². The summed E-state index contributed by atoms with van der Waals surface area (Å²) in [7, 11) is 0. The van der Waals surface area contributed by atoms with Crippen LogP contribution in [0.3, 0.4) is 0 Å². The molecule has 0 aliphatic heterocycles. The number of hydrogen-bond acceptors (Lipinski definition) is 2. The minimum Gasteiger partial charge on any atom is -0.392 e. The molecule has 0 aliphatic carbocycles. The highest BCUT2D eigenvalue weighted by Gasteiger charge is 1.82. The summed E-state index contributed by atoms with van der Waals surface area (Å²) in [6.07, 6.45) is 2.87. The molecule has 0 fully saturated rings. The SMILES string of the molecule is C/C(=C\CO)CC=O. The molecule has 0 aromatic heterocycles. The van der Waals surface area contributed by atoms with Crippen LogP contribution in [0.1, 0.15) is 13.3 Å². The Morgan fingerprint density at radius 2 is 2.38 bits per heavy atom. The van der Waals surface area contributed by atoms with E-state index in [2.05, 4.69) is 0 Å². The number of rotatable bonds is 3. The van der Waals surface area contributed by atoms with Crippen LogP contribution in [0.15, 0.2) is 11.6 Å². The number of allylic oxidation sites excluding steroid dienone is 1. The number of aldehydes is 1. The van der Waals surface area contributed by atoms with Crippen molar-refractivity contribution in [3.8, 4) is 0 Å². The van der Waals surface area contributed by atoms with Crippen molar-refractivity contribution in [1.29, 1.82) is 0 Å². The molecule has 0 saturated heterocycles. The van der Waals surface area contributed by atoms with Gasteiger partial charge in [-0.3, -0.25) is 0 Å². The van der Waals surface area contributed by atoms with Crippen LogP contribution in [0, 0.1) is 0 Å². The van der Waals surface area contributed by atoms with Crippen molar-refractivity contribution in [3.63, 3.8) is 0 Å². The maximum atomic E-state index is 9.77. The van der Waals surface area contributed by atoms with Gasteiger partial charge in [0.15, 0.2) is 0 Å². The fraction of sp³-hybridized carbons (Fsp3) is 0.500. The van der Waals surface area contributed by atoms with Gasteiger partial charge in [-0.15, -0.1) is 0 Å². The first kappa shape index (κ1) is 7.37. The third-order valence-corrected chi connectivity index (χ3v) is 0.845. The molecule has 0 heterocycles. The zero-order valence-corrected chi connectivity index (χ0v) is 4.92. The number of carbonyl (C=O) groups excluding carboxylic acids is 1. The van der Waals surface area contributed by atoms with Crippen LogP contribution in [0.5, 0.6) is 0 Å². The molecule has 0 aliphatic rings. The van der Waals surface area contributed by atoms with Crippen molar-refractivity contribution in [1.82, 2.24) is 0 Å². The van der Waals surface area contributed by atoms with Crippen LogP contribution in [0.25, 0.3) is 0 Å². The molecular formula is C6H10O2. The van der Waals surface area contributed by atoms with Gasteiger partial charge in [-0.2, -0.15) is 0 Å². The first-order valence-electron chi connectivity index (χ1n) is 2.51. The predicted molar refractivity (Wildman–Crippen MR) is 31.5 cm³/mol. The molecule has 0 aromatic carbocycles. The molecule has 0 spiro atoms. The summed E-state index contributed by atoms with van der Waals surface area (Å²) in [6.45, 7) is 1.84. The fourth-order valence-electron chi connectivity index (χ4n) is 0.371. The summed E-state index contributed by atoms with van der Waals surface area (Å²) in [5, 5.41) is 8.27. The van der Waals surface area contributed by atoms with E-state index in [1.165, 1.54) is 0 Å². The molecule has 2 heteroatoms. The van der Waals surface area contributed by atoms with Crippen LogP contribution in [0.4, 0.5) is 0 Å². The lowest BCUT2D eigenvalue weighted by Crippen LogP contribution is -1.80. The Labute approximate surface area is 48.8 Å². The lowest BCUT2D eigenvalue weighted by Gasteiger charge is -1.87. The first-order chi connectivity index (χ1) is 3.81. The van der Waals surface area contributed by atoms with Gasteiger partial charge < -0.3 is 9.90 Å². The Morgan fingerprint density at radius 3 is 2.75 bits per heavy atom. The van der Waals surface area contributed by atoms with E-state index in [1.807, 2.05) is 6.92 Å². The first-order valence-corrected chi connectivity index (χ1v) is 2.51. The second-order valence-electron chi connectivity index (χ2n) is 1.60. The summed E-state index contributed by atoms with van der Waals surface area (Å²) in [4.78, 5) is 9.77. The quantitative estimate of drug-likeness (QED) is 0.429. The molecule has 0 amide bonds. The maximum Gasteiger partial charge on any atom is 0.124 e. The van der Waals surface area contributed by atoms with Gasteiger partial charge >= 0.3 is 0 Å². The van der Waals surface area contributed by atoms with Crippen LogP contribution in [-0.4, -0.2) is 18.0 Å². The van der Waals surface area contributed by atoms with E-state index in [-0.39, 0.29) is 6.61 Å². The Kier molecular flexibility index (Phi) is 4.17. The molecule has 1 N–H and O–H groups in total. The van der Waals surface area contributed by atoms with Crippen molar-refractivity contribution < 1.29 is 9.90 Å². The van der Waals surface area contributed by atoms with Crippen molar-refractivity contribution in [2.75, 3.05) is 6.61 Å². The van der Waals surface area contributed by atoms with E-state index in [4.69, 9.17) is 5.11 Å². The molecule has 0 rings (SSSR count). The second kappa shape index (κ2) is 4.53.